The lowest BCUT2D eigenvalue weighted by atomic mass is 9.99. The van der Waals surface area contributed by atoms with Gasteiger partial charge in [-0.2, -0.15) is 0 Å². The van der Waals surface area contributed by atoms with Gasteiger partial charge in [0, 0.05) is 28.8 Å². The fraction of sp³-hybridized carbons (Fsp3) is 0.350. The SMILES string of the molecule is CCn1c2c(c(=O)c3cc(C(C)C)ccc31)Cc1cc(C)sc1-2. The van der Waals surface area contributed by atoms with Gasteiger partial charge in [-0.3, -0.25) is 4.79 Å². The molecular formula is C20H21NOS. The Kier molecular flexibility index (Phi) is 3.24. The highest BCUT2D eigenvalue weighted by atomic mass is 32.1. The summed E-state index contributed by atoms with van der Waals surface area (Å²) in [5.41, 5.74) is 6.00. The third-order valence-corrected chi connectivity index (χ3v) is 5.98. The van der Waals surface area contributed by atoms with Crippen LogP contribution in [0.25, 0.3) is 21.5 Å². The Balaban J connectivity index is 2.11. The molecule has 118 valence electrons. The van der Waals surface area contributed by atoms with E-state index in [1.54, 1.807) is 0 Å². The Morgan fingerprint density at radius 3 is 2.74 bits per heavy atom. The zero-order valence-electron chi connectivity index (χ0n) is 14.1. The van der Waals surface area contributed by atoms with Gasteiger partial charge in [0.05, 0.1) is 16.1 Å². The molecule has 0 aliphatic heterocycles. The van der Waals surface area contributed by atoms with Gasteiger partial charge in [0.25, 0.3) is 0 Å². The summed E-state index contributed by atoms with van der Waals surface area (Å²) in [6.07, 6.45) is 0.787. The minimum atomic E-state index is 0.225. The first kappa shape index (κ1) is 14.7. The number of rotatable bonds is 2. The maximum absolute atomic E-state index is 13.1. The van der Waals surface area contributed by atoms with Crippen molar-refractivity contribution in [2.45, 2.75) is 46.6 Å². The second kappa shape index (κ2) is 5.07. The molecule has 1 aliphatic rings. The first-order chi connectivity index (χ1) is 11.0. The molecule has 3 aromatic rings. The van der Waals surface area contributed by atoms with Crippen molar-refractivity contribution in [3.63, 3.8) is 0 Å². The zero-order valence-corrected chi connectivity index (χ0v) is 14.9. The summed E-state index contributed by atoms with van der Waals surface area (Å²) in [5.74, 6) is 0.436. The largest absolute Gasteiger partial charge is 0.340 e. The molecule has 0 atom stereocenters. The Morgan fingerprint density at radius 1 is 1.26 bits per heavy atom. The Hall–Kier alpha value is -1.87. The highest BCUT2D eigenvalue weighted by molar-refractivity contribution is 7.15. The van der Waals surface area contributed by atoms with E-state index in [0.29, 0.717) is 5.92 Å². The number of benzene rings is 1. The molecule has 0 saturated carbocycles. The topological polar surface area (TPSA) is 22.0 Å². The summed E-state index contributed by atoms with van der Waals surface area (Å²) in [6, 6.07) is 8.64. The molecule has 0 radical (unpaired) electrons. The fourth-order valence-electron chi connectivity index (χ4n) is 3.72. The third kappa shape index (κ3) is 2.03. The van der Waals surface area contributed by atoms with Gasteiger partial charge in [0.15, 0.2) is 5.43 Å². The van der Waals surface area contributed by atoms with Crippen LogP contribution in [0.2, 0.25) is 0 Å². The average Bonchev–Trinajstić information content (AvgIpc) is 3.04. The Labute approximate surface area is 140 Å². The monoisotopic (exact) mass is 323 g/mol. The van der Waals surface area contributed by atoms with Crippen molar-refractivity contribution in [1.82, 2.24) is 4.57 Å². The minimum Gasteiger partial charge on any atom is -0.340 e. The molecule has 0 saturated heterocycles. The second-order valence-corrected chi connectivity index (χ2v) is 7.98. The molecule has 0 N–H and O–H groups in total. The molecule has 0 spiro atoms. The molecular weight excluding hydrogens is 302 g/mol. The van der Waals surface area contributed by atoms with Crippen LogP contribution >= 0.6 is 11.3 Å². The number of aryl methyl sites for hydroxylation is 2. The van der Waals surface area contributed by atoms with Crippen LogP contribution < -0.4 is 5.43 Å². The minimum absolute atomic E-state index is 0.225. The van der Waals surface area contributed by atoms with E-state index in [2.05, 4.69) is 56.5 Å². The van der Waals surface area contributed by atoms with Gasteiger partial charge in [-0.1, -0.05) is 19.9 Å². The summed E-state index contributed by atoms with van der Waals surface area (Å²) >= 11 is 1.81. The summed E-state index contributed by atoms with van der Waals surface area (Å²) in [7, 11) is 0. The van der Waals surface area contributed by atoms with E-state index >= 15 is 0 Å². The standard InChI is InChI=1S/C20H21NOS/c1-5-21-17-7-6-13(11(2)3)9-15(17)19(22)16-10-14-8-12(4)23-20(14)18(16)21/h6-9,11H,5,10H2,1-4H3. The normalized spacial score (nSPS) is 12.9. The van der Waals surface area contributed by atoms with Crippen LogP contribution in [0, 0.1) is 6.92 Å². The van der Waals surface area contributed by atoms with Gasteiger partial charge in [-0.25, -0.2) is 0 Å². The van der Waals surface area contributed by atoms with E-state index in [-0.39, 0.29) is 5.43 Å². The number of pyridine rings is 1. The van der Waals surface area contributed by atoms with Gasteiger partial charge in [0.1, 0.15) is 0 Å². The van der Waals surface area contributed by atoms with E-state index in [1.807, 2.05) is 11.3 Å². The predicted molar refractivity (Wildman–Crippen MR) is 98.8 cm³/mol. The molecule has 0 amide bonds. The molecule has 0 fully saturated rings. The first-order valence-corrected chi connectivity index (χ1v) is 9.12. The Bertz CT molecular complexity index is 991. The molecule has 2 nitrogen and oxygen atoms in total. The number of hydrogen-bond acceptors (Lipinski definition) is 2. The first-order valence-electron chi connectivity index (χ1n) is 8.30. The molecule has 1 aromatic carbocycles. The van der Waals surface area contributed by atoms with Gasteiger partial charge >= 0.3 is 0 Å². The highest BCUT2D eigenvalue weighted by Crippen LogP contribution is 2.42. The average molecular weight is 323 g/mol. The van der Waals surface area contributed by atoms with Crippen molar-refractivity contribution in [3.05, 3.63) is 56.1 Å². The molecule has 23 heavy (non-hydrogen) atoms. The van der Waals surface area contributed by atoms with Gasteiger partial charge < -0.3 is 4.57 Å². The van der Waals surface area contributed by atoms with Crippen LogP contribution in [0.3, 0.4) is 0 Å². The van der Waals surface area contributed by atoms with Crippen molar-refractivity contribution in [1.29, 1.82) is 0 Å². The Morgan fingerprint density at radius 2 is 2.04 bits per heavy atom. The number of thiophene rings is 1. The van der Waals surface area contributed by atoms with E-state index < -0.39 is 0 Å². The predicted octanol–water partition coefficient (Wildman–Crippen LogP) is 5.09. The number of aromatic nitrogens is 1. The van der Waals surface area contributed by atoms with E-state index in [4.69, 9.17) is 0 Å². The lowest BCUT2D eigenvalue weighted by Gasteiger charge is -2.16. The third-order valence-electron chi connectivity index (χ3n) is 4.88. The van der Waals surface area contributed by atoms with Crippen LogP contribution in [-0.2, 0) is 13.0 Å². The number of fused-ring (bicyclic) bond motifs is 4. The van der Waals surface area contributed by atoms with E-state index in [9.17, 15) is 4.79 Å². The summed E-state index contributed by atoms with van der Waals surface area (Å²) in [4.78, 5) is 15.7. The van der Waals surface area contributed by atoms with Crippen molar-refractivity contribution in [3.8, 4) is 10.6 Å². The van der Waals surface area contributed by atoms with E-state index in [1.165, 1.54) is 20.9 Å². The van der Waals surface area contributed by atoms with Crippen molar-refractivity contribution in [2.75, 3.05) is 0 Å². The maximum atomic E-state index is 13.1. The molecule has 1 aliphatic carbocycles. The van der Waals surface area contributed by atoms with Gasteiger partial charge in [-0.15, -0.1) is 11.3 Å². The van der Waals surface area contributed by atoms with E-state index in [0.717, 1.165) is 35.1 Å². The van der Waals surface area contributed by atoms with Crippen LogP contribution in [0.5, 0.6) is 0 Å². The molecule has 0 unspecified atom stereocenters. The van der Waals surface area contributed by atoms with Crippen LogP contribution in [0.1, 0.15) is 48.3 Å². The summed E-state index contributed by atoms with van der Waals surface area (Å²) in [6.45, 7) is 9.54. The number of hydrogen-bond donors (Lipinski definition) is 0. The van der Waals surface area contributed by atoms with Crippen LogP contribution in [0.15, 0.2) is 29.1 Å². The van der Waals surface area contributed by atoms with Crippen molar-refractivity contribution in [2.24, 2.45) is 0 Å². The molecule has 0 bridgehead atoms. The van der Waals surface area contributed by atoms with Crippen molar-refractivity contribution < 1.29 is 0 Å². The smallest absolute Gasteiger partial charge is 0.193 e. The lowest BCUT2D eigenvalue weighted by Crippen LogP contribution is -2.15. The molecule has 2 aromatic heterocycles. The van der Waals surface area contributed by atoms with Crippen LogP contribution in [-0.4, -0.2) is 4.57 Å². The van der Waals surface area contributed by atoms with Gasteiger partial charge in [0.2, 0.25) is 0 Å². The molecule has 3 heteroatoms. The molecule has 2 heterocycles. The number of nitrogens with zero attached hydrogens (tertiary/aromatic N) is 1. The maximum Gasteiger partial charge on any atom is 0.193 e. The highest BCUT2D eigenvalue weighted by Gasteiger charge is 2.27. The summed E-state index contributed by atoms with van der Waals surface area (Å²) < 4.78 is 2.33. The fourth-order valence-corrected chi connectivity index (χ4v) is 4.84. The molecule has 4 rings (SSSR count). The quantitative estimate of drug-likeness (QED) is 0.504. The van der Waals surface area contributed by atoms with Crippen LogP contribution in [0.4, 0.5) is 0 Å². The van der Waals surface area contributed by atoms with Gasteiger partial charge in [-0.05, 0) is 49.1 Å². The zero-order chi connectivity index (χ0) is 16.3. The second-order valence-electron chi connectivity index (χ2n) is 6.72. The summed E-state index contributed by atoms with van der Waals surface area (Å²) in [5, 5.41) is 0.878. The lowest BCUT2D eigenvalue weighted by molar-refractivity contribution is 0.793. The van der Waals surface area contributed by atoms with Crippen molar-refractivity contribution >= 4 is 22.2 Å².